The van der Waals surface area contributed by atoms with Crippen LogP contribution < -0.4 is 19.7 Å². The van der Waals surface area contributed by atoms with Crippen molar-refractivity contribution in [2.75, 3.05) is 26.6 Å². The Hall–Kier alpha value is -2.76. The molecule has 2 N–H and O–H groups in total. The van der Waals surface area contributed by atoms with E-state index in [9.17, 15) is 4.79 Å². The smallest absolute Gasteiger partial charge is 0.282 e. The third kappa shape index (κ3) is 5.00. The van der Waals surface area contributed by atoms with Crippen molar-refractivity contribution in [3.63, 3.8) is 0 Å². The highest BCUT2D eigenvalue weighted by Gasteiger charge is 2.23. The van der Waals surface area contributed by atoms with Crippen molar-refractivity contribution in [2.24, 2.45) is 0 Å². The number of methoxy groups -OCH3 is 2. The van der Waals surface area contributed by atoms with E-state index in [0.717, 1.165) is 28.0 Å². The number of halogens is 1. The van der Waals surface area contributed by atoms with Gasteiger partial charge in [0.25, 0.3) is 5.91 Å². The topological polar surface area (TPSA) is 52.0 Å². The summed E-state index contributed by atoms with van der Waals surface area (Å²) in [6, 6.07) is 17.3. The molecule has 1 amide bonds. The van der Waals surface area contributed by atoms with Gasteiger partial charge in [-0.05, 0) is 54.1 Å². The van der Waals surface area contributed by atoms with E-state index in [4.69, 9.17) is 21.1 Å². The van der Waals surface area contributed by atoms with Gasteiger partial charge in [0.2, 0.25) is 0 Å². The third-order valence-corrected chi connectivity index (χ3v) is 5.38. The maximum absolute atomic E-state index is 12.8. The number of carbonyl (C=O) groups excluding carboxylic acids is 1. The van der Waals surface area contributed by atoms with Crippen molar-refractivity contribution >= 4 is 34.0 Å². The first-order valence-electron chi connectivity index (χ1n) is 9.44. The number of benzene rings is 3. The van der Waals surface area contributed by atoms with Gasteiger partial charge >= 0.3 is 0 Å². The molecule has 0 aliphatic carbocycles. The summed E-state index contributed by atoms with van der Waals surface area (Å²) in [5.74, 6) is 1.33. The van der Waals surface area contributed by atoms with Crippen LogP contribution in [0, 0.1) is 0 Å². The molecule has 0 fully saturated rings. The third-order valence-electron chi connectivity index (χ3n) is 5.15. The molecule has 0 spiro atoms. The van der Waals surface area contributed by atoms with Gasteiger partial charge in [-0.3, -0.25) is 4.79 Å². The van der Waals surface area contributed by atoms with Gasteiger partial charge in [0, 0.05) is 10.6 Å². The van der Waals surface area contributed by atoms with Gasteiger partial charge in [-0.1, -0.05) is 29.8 Å². The number of ether oxygens (including phenoxy) is 2. The quantitative estimate of drug-likeness (QED) is 0.622. The van der Waals surface area contributed by atoms with Crippen LogP contribution in [0.25, 0.3) is 10.8 Å². The number of fused-ring (bicyclic) bond motifs is 1. The molecule has 152 valence electrons. The van der Waals surface area contributed by atoms with Crippen molar-refractivity contribution in [1.29, 1.82) is 0 Å². The molecule has 0 aromatic heterocycles. The molecule has 1 unspecified atom stereocenters. The van der Waals surface area contributed by atoms with Crippen LogP contribution in [0.3, 0.4) is 0 Å². The van der Waals surface area contributed by atoms with Gasteiger partial charge in [-0.25, -0.2) is 0 Å². The minimum Gasteiger partial charge on any atom is -0.497 e. The van der Waals surface area contributed by atoms with Crippen molar-refractivity contribution < 1.29 is 19.2 Å². The first-order valence-corrected chi connectivity index (χ1v) is 9.82. The average molecular weight is 414 g/mol. The second-order valence-corrected chi connectivity index (χ2v) is 7.56. The van der Waals surface area contributed by atoms with Crippen LogP contribution in [0.15, 0.2) is 54.6 Å². The molecule has 0 radical (unpaired) electrons. The van der Waals surface area contributed by atoms with E-state index in [0.29, 0.717) is 16.5 Å². The second kappa shape index (κ2) is 9.16. The van der Waals surface area contributed by atoms with Crippen molar-refractivity contribution in [3.05, 3.63) is 65.2 Å². The highest BCUT2D eigenvalue weighted by Crippen LogP contribution is 2.27. The van der Waals surface area contributed by atoms with Crippen LogP contribution >= 0.6 is 11.6 Å². The Morgan fingerprint density at radius 1 is 1.03 bits per heavy atom. The molecule has 2 atom stereocenters. The largest absolute Gasteiger partial charge is 0.497 e. The molecule has 0 heterocycles. The lowest BCUT2D eigenvalue weighted by molar-refractivity contribution is -0.907. The highest BCUT2D eigenvalue weighted by molar-refractivity contribution is 6.31. The van der Waals surface area contributed by atoms with Crippen LogP contribution in [0.2, 0.25) is 5.02 Å². The molecule has 0 saturated carbocycles. The van der Waals surface area contributed by atoms with Gasteiger partial charge < -0.3 is 19.7 Å². The lowest BCUT2D eigenvalue weighted by Gasteiger charge is -2.22. The number of hydrogen-bond acceptors (Lipinski definition) is 3. The van der Waals surface area contributed by atoms with Gasteiger partial charge in [0.1, 0.15) is 18.0 Å². The summed E-state index contributed by atoms with van der Waals surface area (Å²) in [7, 11) is 5.24. The molecule has 0 bridgehead atoms. The van der Waals surface area contributed by atoms with Crippen LogP contribution in [0.4, 0.5) is 5.69 Å². The minimum absolute atomic E-state index is 0.0893. The molecule has 0 saturated heterocycles. The summed E-state index contributed by atoms with van der Waals surface area (Å²) in [6.45, 7) is 2.64. The van der Waals surface area contributed by atoms with E-state index >= 15 is 0 Å². The first-order chi connectivity index (χ1) is 13.9. The zero-order chi connectivity index (χ0) is 21.0. The van der Waals surface area contributed by atoms with E-state index < -0.39 is 0 Å². The number of anilines is 1. The molecular formula is C23H26ClN2O3+. The van der Waals surface area contributed by atoms with Gasteiger partial charge in [-0.2, -0.15) is 0 Å². The highest BCUT2D eigenvalue weighted by atomic mass is 35.5. The number of quaternary nitrogens is 1. The lowest BCUT2D eigenvalue weighted by atomic mass is 10.1. The maximum atomic E-state index is 12.8. The fourth-order valence-corrected chi connectivity index (χ4v) is 3.40. The summed E-state index contributed by atoms with van der Waals surface area (Å²) in [5.41, 5.74) is 1.74. The Kier molecular flexibility index (Phi) is 6.62. The Bertz CT molecular complexity index is 1020. The molecule has 3 rings (SSSR count). The standard InChI is InChI=1S/C23H25ClN2O3/c1-15(23(27)25-21-13-19(24)8-10-22(21)29-4)26(2)14-16-5-6-18-12-20(28-3)9-7-17(18)11-16/h5-13,15H,14H2,1-4H3,(H,25,27)/p+1/t15-/m0/s1. The molecule has 29 heavy (non-hydrogen) atoms. The number of likely N-dealkylation sites (N-methyl/N-ethyl adjacent to an activating group) is 1. The normalized spacial score (nSPS) is 13.0. The number of carbonyl (C=O) groups is 1. The van der Waals surface area contributed by atoms with Gasteiger partial charge in [0.15, 0.2) is 6.04 Å². The summed E-state index contributed by atoms with van der Waals surface area (Å²) in [4.78, 5) is 13.8. The molecule has 0 aliphatic rings. The van der Waals surface area contributed by atoms with Crippen molar-refractivity contribution in [3.8, 4) is 11.5 Å². The minimum atomic E-state index is -0.259. The molecule has 3 aromatic carbocycles. The monoisotopic (exact) mass is 413 g/mol. The number of amides is 1. The van der Waals surface area contributed by atoms with Gasteiger partial charge in [0.05, 0.1) is 27.0 Å². The number of hydrogen-bond donors (Lipinski definition) is 2. The van der Waals surface area contributed by atoms with Crippen LogP contribution in [0.1, 0.15) is 12.5 Å². The number of nitrogens with one attached hydrogen (secondary N) is 2. The summed E-state index contributed by atoms with van der Waals surface area (Å²) < 4.78 is 10.6. The SMILES string of the molecule is COc1ccc2cc(C[NH+](C)[C@@H](C)C(=O)Nc3cc(Cl)ccc3OC)ccc2c1. The molecular weight excluding hydrogens is 388 g/mol. The molecule has 6 heteroatoms. The van der Waals surface area contributed by atoms with Crippen LogP contribution in [-0.4, -0.2) is 33.2 Å². The zero-order valence-electron chi connectivity index (χ0n) is 17.1. The predicted molar refractivity (Wildman–Crippen MR) is 117 cm³/mol. The first kappa shape index (κ1) is 21.0. The summed E-state index contributed by atoms with van der Waals surface area (Å²) in [5, 5.41) is 5.75. The van der Waals surface area contributed by atoms with Gasteiger partial charge in [-0.15, -0.1) is 0 Å². The van der Waals surface area contributed by atoms with Crippen molar-refractivity contribution in [2.45, 2.75) is 19.5 Å². The van der Waals surface area contributed by atoms with E-state index in [1.165, 1.54) is 5.56 Å². The summed E-state index contributed by atoms with van der Waals surface area (Å²) >= 11 is 6.05. The Morgan fingerprint density at radius 2 is 1.76 bits per heavy atom. The Balaban J connectivity index is 1.70. The molecule has 3 aromatic rings. The number of rotatable bonds is 7. The van der Waals surface area contributed by atoms with E-state index in [2.05, 4.69) is 29.6 Å². The average Bonchev–Trinajstić information content (AvgIpc) is 2.72. The van der Waals surface area contributed by atoms with Crippen LogP contribution in [-0.2, 0) is 11.3 Å². The maximum Gasteiger partial charge on any atom is 0.282 e. The molecule has 5 nitrogen and oxygen atoms in total. The Labute approximate surface area is 176 Å². The zero-order valence-corrected chi connectivity index (χ0v) is 17.8. The molecule has 0 aliphatic heterocycles. The Morgan fingerprint density at radius 3 is 2.48 bits per heavy atom. The van der Waals surface area contributed by atoms with E-state index in [-0.39, 0.29) is 11.9 Å². The summed E-state index contributed by atoms with van der Waals surface area (Å²) in [6.07, 6.45) is 0. The second-order valence-electron chi connectivity index (χ2n) is 7.13. The lowest BCUT2D eigenvalue weighted by Crippen LogP contribution is -3.12. The van der Waals surface area contributed by atoms with E-state index in [1.54, 1.807) is 32.4 Å². The predicted octanol–water partition coefficient (Wildman–Crippen LogP) is 3.55. The van der Waals surface area contributed by atoms with Crippen LogP contribution in [0.5, 0.6) is 11.5 Å². The van der Waals surface area contributed by atoms with Crippen molar-refractivity contribution in [1.82, 2.24) is 0 Å². The van der Waals surface area contributed by atoms with E-state index in [1.807, 2.05) is 26.1 Å². The fourth-order valence-electron chi connectivity index (χ4n) is 3.23. The fraction of sp³-hybridized carbons (Fsp3) is 0.261.